The molecule has 0 fully saturated rings. The van der Waals surface area contributed by atoms with E-state index in [4.69, 9.17) is 15.0 Å². The smallest absolute Gasteiger partial charge is 0.396 e. The van der Waals surface area contributed by atoms with Crippen LogP contribution in [-0.4, -0.2) is 28.2 Å². The Bertz CT molecular complexity index is 926. The molecule has 10 heteroatoms. The highest BCUT2D eigenvalue weighted by atomic mass is 32.1. The van der Waals surface area contributed by atoms with Crippen LogP contribution >= 0.6 is 11.3 Å². The second-order valence-electron chi connectivity index (χ2n) is 4.54. The summed E-state index contributed by atoms with van der Waals surface area (Å²) in [4.78, 5) is 11.0. The Morgan fingerprint density at radius 1 is 1.52 bits per heavy atom. The first kappa shape index (κ1) is 15.0. The highest BCUT2D eigenvalue weighted by molar-refractivity contribution is 7.16. The van der Waals surface area contributed by atoms with Crippen LogP contribution in [-0.2, 0) is 6.42 Å². The highest BCUT2D eigenvalue weighted by Gasteiger charge is 2.10. The molecule has 0 saturated heterocycles. The van der Waals surface area contributed by atoms with Gasteiger partial charge in [-0.1, -0.05) is 18.3 Å². The first-order chi connectivity index (χ1) is 11.1. The summed E-state index contributed by atoms with van der Waals surface area (Å²) in [5.41, 5.74) is 3.88. The summed E-state index contributed by atoms with van der Waals surface area (Å²) in [5.74, 6) is 7.26. The number of hydrogen-bond acceptors (Lipinski definition) is 9. The Labute approximate surface area is 134 Å². The van der Waals surface area contributed by atoms with Crippen LogP contribution in [0.1, 0.15) is 18.3 Å². The summed E-state index contributed by atoms with van der Waals surface area (Å²) >= 11 is 1.00. The third kappa shape index (κ3) is 2.88. The second-order valence-corrected chi connectivity index (χ2v) is 5.52. The number of nitrogen functional groups attached to an aromatic ring is 1. The number of methoxy groups -OCH3 is 1. The van der Waals surface area contributed by atoms with Gasteiger partial charge in [0.1, 0.15) is 0 Å². The van der Waals surface area contributed by atoms with Crippen molar-refractivity contribution >= 4 is 33.8 Å². The SMILES string of the molecule is CCc1nnc(N/N=C/c2cc(OC)c3oc(=O)sc3c2)n1N. The predicted molar refractivity (Wildman–Crippen MR) is 87.7 cm³/mol. The first-order valence-electron chi connectivity index (χ1n) is 6.72. The number of nitrogens with zero attached hydrogens (tertiary/aromatic N) is 4. The molecule has 0 amide bonds. The zero-order valence-corrected chi connectivity index (χ0v) is 13.3. The van der Waals surface area contributed by atoms with Gasteiger partial charge in [0.25, 0.3) is 5.95 Å². The Hall–Kier alpha value is -2.88. The van der Waals surface area contributed by atoms with Gasteiger partial charge in [-0.25, -0.2) is 14.9 Å². The van der Waals surface area contributed by atoms with Gasteiger partial charge in [0, 0.05) is 6.42 Å². The number of aryl methyl sites for hydroxylation is 1. The molecule has 9 nitrogen and oxygen atoms in total. The molecule has 0 aliphatic heterocycles. The molecule has 23 heavy (non-hydrogen) atoms. The van der Waals surface area contributed by atoms with Crippen molar-refractivity contribution in [1.29, 1.82) is 0 Å². The molecule has 0 spiro atoms. The van der Waals surface area contributed by atoms with E-state index in [1.165, 1.54) is 11.8 Å². The number of aromatic nitrogens is 3. The number of anilines is 1. The lowest BCUT2D eigenvalue weighted by atomic mass is 10.2. The van der Waals surface area contributed by atoms with E-state index in [1.54, 1.807) is 18.3 Å². The zero-order valence-electron chi connectivity index (χ0n) is 12.4. The summed E-state index contributed by atoms with van der Waals surface area (Å²) in [5, 5.41) is 11.9. The van der Waals surface area contributed by atoms with Gasteiger partial charge in [0.15, 0.2) is 17.2 Å². The average Bonchev–Trinajstić information content (AvgIpc) is 3.08. The normalized spacial score (nSPS) is 11.4. The minimum Gasteiger partial charge on any atom is -0.493 e. The number of nitrogens with one attached hydrogen (secondary N) is 1. The topological polar surface area (TPSA) is 121 Å². The largest absolute Gasteiger partial charge is 0.493 e. The van der Waals surface area contributed by atoms with Crippen LogP contribution in [0.2, 0.25) is 0 Å². The minimum absolute atomic E-state index is 0.333. The van der Waals surface area contributed by atoms with Crippen molar-refractivity contribution in [2.75, 3.05) is 18.4 Å². The number of nitrogens with two attached hydrogens (primary N) is 1. The van der Waals surface area contributed by atoms with Gasteiger partial charge in [0.05, 0.1) is 18.0 Å². The number of ether oxygens (including phenoxy) is 1. The Morgan fingerprint density at radius 2 is 2.35 bits per heavy atom. The van der Waals surface area contributed by atoms with Gasteiger partial charge >= 0.3 is 4.94 Å². The fourth-order valence-corrected chi connectivity index (χ4v) is 2.73. The van der Waals surface area contributed by atoms with Gasteiger partial charge in [-0.15, -0.1) is 10.2 Å². The van der Waals surface area contributed by atoms with Gasteiger partial charge in [0.2, 0.25) is 0 Å². The summed E-state index contributed by atoms with van der Waals surface area (Å²) in [7, 11) is 1.51. The van der Waals surface area contributed by atoms with Gasteiger partial charge in [-0.2, -0.15) is 5.10 Å². The van der Waals surface area contributed by atoms with Gasteiger partial charge in [-0.3, -0.25) is 0 Å². The average molecular weight is 334 g/mol. The van der Waals surface area contributed by atoms with Crippen LogP contribution in [0, 0.1) is 0 Å². The van der Waals surface area contributed by atoms with E-state index >= 15 is 0 Å². The highest BCUT2D eigenvalue weighted by Crippen LogP contribution is 2.28. The fraction of sp³-hybridized carbons (Fsp3) is 0.231. The van der Waals surface area contributed by atoms with Crippen molar-refractivity contribution in [1.82, 2.24) is 14.9 Å². The predicted octanol–water partition coefficient (Wildman–Crippen LogP) is 1.18. The number of fused-ring (bicyclic) bond motifs is 1. The molecule has 2 aromatic heterocycles. The Balaban J connectivity index is 1.85. The van der Waals surface area contributed by atoms with Crippen molar-refractivity contribution < 1.29 is 9.15 Å². The summed E-state index contributed by atoms with van der Waals surface area (Å²) in [6.07, 6.45) is 2.23. The molecule has 0 bridgehead atoms. The maximum atomic E-state index is 11.4. The van der Waals surface area contributed by atoms with E-state index < -0.39 is 0 Å². The van der Waals surface area contributed by atoms with Crippen LogP contribution in [0.25, 0.3) is 10.3 Å². The molecule has 0 radical (unpaired) electrons. The van der Waals surface area contributed by atoms with Crippen LogP contribution in [0.4, 0.5) is 5.95 Å². The number of benzene rings is 1. The molecule has 1 aromatic carbocycles. The summed E-state index contributed by atoms with van der Waals surface area (Å²) in [6, 6.07) is 3.50. The van der Waals surface area contributed by atoms with Crippen LogP contribution in [0.3, 0.4) is 0 Å². The van der Waals surface area contributed by atoms with Crippen LogP contribution in [0.15, 0.2) is 26.4 Å². The molecule has 0 saturated carbocycles. The minimum atomic E-state index is -0.381. The van der Waals surface area contributed by atoms with E-state index in [2.05, 4.69) is 20.7 Å². The molecule has 0 aliphatic carbocycles. The number of hydrogen-bond donors (Lipinski definition) is 2. The molecule has 120 valence electrons. The van der Waals surface area contributed by atoms with E-state index in [-0.39, 0.29) is 4.94 Å². The molecule has 0 aliphatic rings. The van der Waals surface area contributed by atoms with E-state index in [0.29, 0.717) is 34.2 Å². The molecule has 3 rings (SSSR count). The molecule has 3 N–H and O–H groups in total. The van der Waals surface area contributed by atoms with Crippen molar-refractivity contribution in [3.05, 3.63) is 33.3 Å². The zero-order chi connectivity index (χ0) is 16.4. The van der Waals surface area contributed by atoms with Crippen molar-refractivity contribution in [3.8, 4) is 5.75 Å². The number of hydrazone groups is 1. The van der Waals surface area contributed by atoms with E-state index in [9.17, 15) is 4.79 Å². The van der Waals surface area contributed by atoms with Gasteiger partial charge < -0.3 is 15.0 Å². The van der Waals surface area contributed by atoms with Gasteiger partial charge in [-0.05, 0) is 17.7 Å². The van der Waals surface area contributed by atoms with Crippen molar-refractivity contribution in [3.63, 3.8) is 0 Å². The molecule has 0 atom stereocenters. The fourth-order valence-electron chi connectivity index (χ4n) is 2.00. The quantitative estimate of drug-likeness (QED) is 0.408. The van der Waals surface area contributed by atoms with Crippen molar-refractivity contribution in [2.45, 2.75) is 13.3 Å². The summed E-state index contributed by atoms with van der Waals surface area (Å²) < 4.78 is 12.3. The second kappa shape index (κ2) is 6.08. The lowest BCUT2D eigenvalue weighted by molar-refractivity contribution is 0.408. The third-order valence-electron chi connectivity index (χ3n) is 3.10. The van der Waals surface area contributed by atoms with Crippen LogP contribution < -0.4 is 20.9 Å². The lowest BCUT2D eigenvalue weighted by Gasteiger charge is -2.02. The maximum Gasteiger partial charge on any atom is 0.396 e. The van der Waals surface area contributed by atoms with Crippen molar-refractivity contribution in [2.24, 2.45) is 5.10 Å². The Kier molecular flexibility index (Phi) is 3.98. The first-order valence-corrected chi connectivity index (χ1v) is 7.54. The lowest BCUT2D eigenvalue weighted by Crippen LogP contribution is -2.14. The number of rotatable bonds is 5. The summed E-state index contributed by atoms with van der Waals surface area (Å²) in [6.45, 7) is 1.93. The maximum absolute atomic E-state index is 11.4. The molecule has 3 aromatic rings. The molecule has 0 unspecified atom stereocenters. The monoisotopic (exact) mass is 334 g/mol. The van der Waals surface area contributed by atoms with E-state index in [0.717, 1.165) is 16.9 Å². The molecular formula is C13H14N6O3S. The molecular weight excluding hydrogens is 320 g/mol. The Morgan fingerprint density at radius 3 is 3.04 bits per heavy atom. The van der Waals surface area contributed by atoms with Crippen LogP contribution in [0.5, 0.6) is 5.75 Å². The third-order valence-corrected chi connectivity index (χ3v) is 3.88. The molecule has 2 heterocycles. The standard InChI is InChI=1S/C13H14N6O3S/c1-3-10-16-18-12(19(10)14)17-15-6-7-4-8(21-2)11-9(5-7)23-13(20)22-11/h4-6H,3,14H2,1-2H3,(H,17,18)/b15-6+. The van der Waals surface area contributed by atoms with E-state index in [1.807, 2.05) is 6.92 Å².